The van der Waals surface area contributed by atoms with E-state index >= 15 is 0 Å². The fourth-order valence-corrected chi connectivity index (χ4v) is 2.42. The number of hydrazone groups is 1. The Labute approximate surface area is 144 Å². The average Bonchev–Trinajstić information content (AvgIpc) is 2.46. The molecule has 2 aromatic rings. The number of alkyl halides is 3. The fourth-order valence-electron chi connectivity index (χ4n) is 1.85. The summed E-state index contributed by atoms with van der Waals surface area (Å²) in [6, 6.07) is 12.2. The predicted molar refractivity (Wildman–Crippen MR) is 90.0 cm³/mol. The standard InChI is InChI=1S/C16H12F3IN2O/c17-16(18,19)13-5-1-3-11(7-13)9-15(23)22-21-10-12-4-2-6-14(20)8-12/h1-8,10H,9H2,(H,22,23). The zero-order valence-electron chi connectivity index (χ0n) is 11.8. The van der Waals surface area contributed by atoms with Gasteiger partial charge < -0.3 is 0 Å². The van der Waals surface area contributed by atoms with E-state index in [0.717, 1.165) is 21.3 Å². The van der Waals surface area contributed by atoms with Crippen LogP contribution in [-0.2, 0) is 17.4 Å². The molecule has 0 saturated carbocycles. The summed E-state index contributed by atoms with van der Waals surface area (Å²) >= 11 is 2.15. The van der Waals surface area contributed by atoms with Gasteiger partial charge in [-0.25, -0.2) is 5.43 Å². The first-order valence-electron chi connectivity index (χ1n) is 6.58. The molecule has 0 aromatic heterocycles. The lowest BCUT2D eigenvalue weighted by Gasteiger charge is -2.08. The minimum absolute atomic E-state index is 0.173. The number of rotatable bonds is 4. The largest absolute Gasteiger partial charge is 0.416 e. The van der Waals surface area contributed by atoms with E-state index < -0.39 is 17.6 Å². The number of nitrogens with zero attached hydrogens (tertiary/aromatic N) is 1. The summed E-state index contributed by atoms with van der Waals surface area (Å²) in [6.45, 7) is 0. The first-order chi connectivity index (χ1) is 10.8. The Morgan fingerprint density at radius 3 is 2.61 bits per heavy atom. The summed E-state index contributed by atoms with van der Waals surface area (Å²) in [5, 5.41) is 3.80. The molecule has 1 amide bonds. The lowest BCUT2D eigenvalue weighted by molar-refractivity contribution is -0.137. The molecule has 0 fully saturated rings. The zero-order chi connectivity index (χ0) is 16.9. The molecular weight excluding hydrogens is 420 g/mol. The van der Waals surface area contributed by atoms with Crippen molar-refractivity contribution >= 4 is 34.7 Å². The Hall–Kier alpha value is -1.90. The van der Waals surface area contributed by atoms with Crippen LogP contribution in [0.25, 0.3) is 0 Å². The van der Waals surface area contributed by atoms with E-state index in [1.807, 2.05) is 24.3 Å². The van der Waals surface area contributed by atoms with Crippen molar-refractivity contribution in [2.24, 2.45) is 5.10 Å². The highest BCUT2D eigenvalue weighted by atomic mass is 127. The molecular formula is C16H12F3IN2O. The quantitative estimate of drug-likeness (QED) is 0.443. The van der Waals surface area contributed by atoms with E-state index in [2.05, 4.69) is 33.1 Å². The number of hydrogen-bond acceptors (Lipinski definition) is 2. The van der Waals surface area contributed by atoms with E-state index in [9.17, 15) is 18.0 Å². The van der Waals surface area contributed by atoms with Crippen molar-refractivity contribution in [3.63, 3.8) is 0 Å². The lowest BCUT2D eigenvalue weighted by atomic mass is 10.1. The zero-order valence-corrected chi connectivity index (χ0v) is 13.9. The second-order valence-electron chi connectivity index (χ2n) is 4.72. The minimum atomic E-state index is -4.42. The molecule has 2 aromatic carbocycles. The van der Waals surface area contributed by atoms with Crippen LogP contribution in [0.3, 0.4) is 0 Å². The molecule has 0 heterocycles. The van der Waals surface area contributed by atoms with Crippen molar-refractivity contribution in [1.82, 2.24) is 5.43 Å². The van der Waals surface area contributed by atoms with Crippen molar-refractivity contribution in [2.45, 2.75) is 12.6 Å². The Kier molecular flexibility index (Phi) is 5.75. The van der Waals surface area contributed by atoms with Gasteiger partial charge in [0.25, 0.3) is 0 Å². The minimum Gasteiger partial charge on any atom is -0.273 e. The molecule has 0 saturated heterocycles. The monoisotopic (exact) mass is 432 g/mol. The smallest absolute Gasteiger partial charge is 0.273 e. The second kappa shape index (κ2) is 7.58. The molecule has 0 spiro atoms. The van der Waals surface area contributed by atoms with Crippen LogP contribution in [0.15, 0.2) is 53.6 Å². The number of carbonyl (C=O) groups excluding carboxylic acids is 1. The van der Waals surface area contributed by atoms with Gasteiger partial charge >= 0.3 is 6.18 Å². The van der Waals surface area contributed by atoms with Crippen LogP contribution in [0.5, 0.6) is 0 Å². The van der Waals surface area contributed by atoms with Crippen molar-refractivity contribution in [2.75, 3.05) is 0 Å². The second-order valence-corrected chi connectivity index (χ2v) is 5.97. The SMILES string of the molecule is O=C(Cc1cccc(C(F)(F)F)c1)NN=Cc1cccc(I)c1. The van der Waals surface area contributed by atoms with E-state index in [1.54, 1.807) is 0 Å². The summed E-state index contributed by atoms with van der Waals surface area (Å²) < 4.78 is 38.8. The number of carbonyl (C=O) groups is 1. The van der Waals surface area contributed by atoms with Gasteiger partial charge in [0.05, 0.1) is 18.2 Å². The molecule has 7 heteroatoms. The third-order valence-electron chi connectivity index (χ3n) is 2.87. The summed E-state index contributed by atoms with van der Waals surface area (Å²) in [5.41, 5.74) is 2.63. The van der Waals surface area contributed by atoms with Crippen molar-refractivity contribution in [1.29, 1.82) is 0 Å². The van der Waals surface area contributed by atoms with Crippen LogP contribution < -0.4 is 5.43 Å². The first-order valence-corrected chi connectivity index (χ1v) is 7.66. The van der Waals surface area contributed by atoms with Gasteiger partial charge in [0.15, 0.2) is 0 Å². The van der Waals surface area contributed by atoms with Crippen molar-refractivity contribution < 1.29 is 18.0 Å². The van der Waals surface area contributed by atoms with Crippen LogP contribution in [-0.4, -0.2) is 12.1 Å². The molecule has 0 unspecified atom stereocenters. The predicted octanol–water partition coefficient (Wildman–Crippen LogP) is 4.00. The molecule has 2 rings (SSSR count). The van der Waals surface area contributed by atoms with Crippen molar-refractivity contribution in [3.8, 4) is 0 Å². The maximum absolute atomic E-state index is 12.6. The molecule has 1 N–H and O–H groups in total. The number of hydrogen-bond donors (Lipinski definition) is 1. The Balaban J connectivity index is 1.95. The van der Waals surface area contributed by atoms with Gasteiger partial charge in [0.1, 0.15) is 0 Å². The van der Waals surface area contributed by atoms with Gasteiger partial charge in [-0.3, -0.25) is 4.79 Å². The molecule has 0 bridgehead atoms. The molecule has 23 heavy (non-hydrogen) atoms. The Morgan fingerprint density at radius 1 is 1.17 bits per heavy atom. The molecule has 0 aliphatic rings. The van der Waals surface area contributed by atoms with E-state index in [0.29, 0.717) is 0 Å². The van der Waals surface area contributed by atoms with Crippen molar-refractivity contribution in [3.05, 3.63) is 68.8 Å². The average molecular weight is 432 g/mol. The normalized spacial score (nSPS) is 11.7. The molecule has 0 radical (unpaired) electrons. The number of nitrogens with one attached hydrogen (secondary N) is 1. The third-order valence-corrected chi connectivity index (χ3v) is 3.54. The Bertz CT molecular complexity index is 729. The van der Waals surface area contributed by atoms with Gasteiger partial charge in [-0.05, 0) is 51.9 Å². The maximum Gasteiger partial charge on any atom is 0.416 e. The van der Waals surface area contributed by atoms with Crippen LogP contribution in [0.1, 0.15) is 16.7 Å². The van der Waals surface area contributed by atoms with Gasteiger partial charge in [-0.15, -0.1) is 0 Å². The first kappa shape index (κ1) is 17.5. The van der Waals surface area contributed by atoms with Crippen LogP contribution >= 0.6 is 22.6 Å². The highest BCUT2D eigenvalue weighted by Gasteiger charge is 2.30. The fraction of sp³-hybridized carbons (Fsp3) is 0.125. The van der Waals surface area contributed by atoms with Crippen LogP contribution in [0.2, 0.25) is 0 Å². The van der Waals surface area contributed by atoms with Gasteiger partial charge in [0.2, 0.25) is 5.91 Å². The summed E-state index contributed by atoms with van der Waals surface area (Å²) in [7, 11) is 0. The Morgan fingerprint density at radius 2 is 1.91 bits per heavy atom. The van der Waals surface area contributed by atoms with Crippen LogP contribution in [0, 0.1) is 3.57 Å². The summed E-state index contributed by atoms with van der Waals surface area (Å²) in [4.78, 5) is 11.7. The van der Waals surface area contributed by atoms with Gasteiger partial charge in [-0.1, -0.05) is 30.3 Å². The van der Waals surface area contributed by atoms with Gasteiger partial charge in [0, 0.05) is 3.57 Å². The van der Waals surface area contributed by atoms with E-state index in [1.165, 1.54) is 18.3 Å². The maximum atomic E-state index is 12.6. The molecule has 120 valence electrons. The summed E-state index contributed by atoms with van der Waals surface area (Å²) in [6.07, 6.45) is -3.12. The van der Waals surface area contributed by atoms with E-state index in [4.69, 9.17) is 0 Å². The highest BCUT2D eigenvalue weighted by molar-refractivity contribution is 14.1. The number of amides is 1. The van der Waals surface area contributed by atoms with Gasteiger partial charge in [-0.2, -0.15) is 18.3 Å². The lowest BCUT2D eigenvalue weighted by Crippen LogP contribution is -2.20. The third kappa shape index (κ3) is 5.66. The summed E-state index contributed by atoms with van der Waals surface area (Å²) in [5.74, 6) is -0.480. The molecule has 0 aliphatic heterocycles. The molecule has 3 nitrogen and oxygen atoms in total. The molecule has 0 atom stereocenters. The van der Waals surface area contributed by atoms with E-state index in [-0.39, 0.29) is 12.0 Å². The number of halogens is 4. The highest BCUT2D eigenvalue weighted by Crippen LogP contribution is 2.29. The number of benzene rings is 2. The van der Waals surface area contributed by atoms with Crippen LogP contribution in [0.4, 0.5) is 13.2 Å². The molecule has 0 aliphatic carbocycles. The topological polar surface area (TPSA) is 41.5 Å².